The maximum absolute atomic E-state index is 5.44. The van der Waals surface area contributed by atoms with Crippen LogP contribution in [0, 0.1) is 0 Å². The number of nitrogens with one attached hydrogen (secondary N) is 1. The fourth-order valence-corrected chi connectivity index (χ4v) is 1.60. The van der Waals surface area contributed by atoms with Crippen LogP contribution in [0.5, 0.6) is 5.75 Å². The summed E-state index contributed by atoms with van der Waals surface area (Å²) >= 11 is 0. The molecule has 18 heavy (non-hydrogen) atoms. The van der Waals surface area contributed by atoms with Crippen molar-refractivity contribution in [1.29, 1.82) is 0 Å². The van der Waals surface area contributed by atoms with Crippen molar-refractivity contribution in [2.24, 2.45) is 0 Å². The van der Waals surface area contributed by atoms with Crippen LogP contribution in [0.25, 0.3) is 0 Å². The van der Waals surface area contributed by atoms with E-state index < -0.39 is 0 Å². The van der Waals surface area contributed by atoms with Crippen LogP contribution in [0.1, 0.15) is 25.5 Å². The molecule has 0 bridgehead atoms. The number of rotatable bonds is 8. The highest BCUT2D eigenvalue weighted by Gasteiger charge is 2.04. The van der Waals surface area contributed by atoms with E-state index >= 15 is 0 Å². The lowest BCUT2D eigenvalue weighted by atomic mass is 10.1. The molecule has 1 aromatic rings. The first-order valence-corrected chi connectivity index (χ1v) is 6.23. The third kappa shape index (κ3) is 5.34. The lowest BCUT2D eigenvalue weighted by molar-refractivity contribution is 0.156. The van der Waals surface area contributed by atoms with Gasteiger partial charge in [-0.1, -0.05) is 24.3 Å². The highest BCUT2D eigenvalue weighted by Crippen LogP contribution is 2.16. The number of hydrogen-bond donors (Lipinski definition) is 1. The molecule has 100 valence electrons. The van der Waals surface area contributed by atoms with E-state index in [1.807, 2.05) is 19.1 Å². The van der Waals surface area contributed by atoms with Crippen LogP contribution >= 0.6 is 0 Å². The standard InChI is InChI=1S/C15H23NO2/c1-12(2)11-18-10-9-16-13(3)14-5-7-15(17-4)8-6-14/h5-8,13,16H,1,9-11H2,2-4H3. The first kappa shape index (κ1) is 14.7. The maximum atomic E-state index is 5.44. The predicted octanol–water partition coefficient (Wildman–Crippen LogP) is 2.94. The molecule has 0 aliphatic heterocycles. The molecular weight excluding hydrogens is 226 g/mol. The van der Waals surface area contributed by atoms with E-state index in [1.54, 1.807) is 7.11 Å². The van der Waals surface area contributed by atoms with Gasteiger partial charge in [0, 0.05) is 12.6 Å². The van der Waals surface area contributed by atoms with Crippen LogP contribution < -0.4 is 10.1 Å². The second kappa shape index (κ2) is 7.90. The molecule has 0 saturated heterocycles. The Labute approximate surface area is 110 Å². The smallest absolute Gasteiger partial charge is 0.118 e. The number of ether oxygens (including phenoxy) is 2. The second-order valence-electron chi connectivity index (χ2n) is 4.46. The minimum Gasteiger partial charge on any atom is -0.497 e. The summed E-state index contributed by atoms with van der Waals surface area (Å²) in [5.74, 6) is 0.885. The third-order valence-electron chi connectivity index (χ3n) is 2.66. The van der Waals surface area contributed by atoms with Crippen LogP contribution in [-0.4, -0.2) is 26.9 Å². The summed E-state index contributed by atoms with van der Waals surface area (Å²) in [6.45, 7) is 10.1. The zero-order valence-corrected chi connectivity index (χ0v) is 11.5. The largest absolute Gasteiger partial charge is 0.497 e. The van der Waals surface area contributed by atoms with E-state index in [4.69, 9.17) is 9.47 Å². The first-order valence-electron chi connectivity index (χ1n) is 6.23. The molecule has 0 heterocycles. The molecule has 0 aliphatic rings. The van der Waals surface area contributed by atoms with Crippen molar-refractivity contribution in [1.82, 2.24) is 5.32 Å². The van der Waals surface area contributed by atoms with E-state index in [0.717, 1.165) is 17.9 Å². The highest BCUT2D eigenvalue weighted by atomic mass is 16.5. The van der Waals surface area contributed by atoms with Crippen molar-refractivity contribution in [2.45, 2.75) is 19.9 Å². The molecule has 1 aromatic carbocycles. The zero-order valence-electron chi connectivity index (χ0n) is 11.5. The fourth-order valence-electron chi connectivity index (χ4n) is 1.60. The van der Waals surface area contributed by atoms with Gasteiger partial charge < -0.3 is 14.8 Å². The molecule has 3 nitrogen and oxygen atoms in total. The minimum absolute atomic E-state index is 0.310. The molecule has 1 atom stereocenters. The van der Waals surface area contributed by atoms with E-state index in [-0.39, 0.29) is 0 Å². The molecule has 0 radical (unpaired) electrons. The zero-order chi connectivity index (χ0) is 13.4. The van der Waals surface area contributed by atoms with E-state index in [1.165, 1.54) is 5.56 Å². The molecular formula is C15H23NO2. The topological polar surface area (TPSA) is 30.5 Å². The van der Waals surface area contributed by atoms with Crippen molar-refractivity contribution in [3.8, 4) is 5.75 Å². The van der Waals surface area contributed by atoms with E-state index in [0.29, 0.717) is 19.3 Å². The Bertz CT molecular complexity index is 359. The number of benzene rings is 1. The van der Waals surface area contributed by atoms with Gasteiger partial charge in [0.2, 0.25) is 0 Å². The average Bonchev–Trinajstić information content (AvgIpc) is 2.38. The van der Waals surface area contributed by atoms with Crippen LogP contribution in [0.15, 0.2) is 36.4 Å². The Morgan fingerprint density at radius 1 is 1.33 bits per heavy atom. The van der Waals surface area contributed by atoms with Gasteiger partial charge in [-0.25, -0.2) is 0 Å². The molecule has 0 amide bonds. The molecule has 0 spiro atoms. The molecule has 1 rings (SSSR count). The molecule has 0 saturated carbocycles. The van der Waals surface area contributed by atoms with Crippen LogP contribution in [0.3, 0.4) is 0 Å². The van der Waals surface area contributed by atoms with Gasteiger partial charge in [-0.05, 0) is 31.5 Å². The quantitative estimate of drug-likeness (QED) is 0.567. The van der Waals surface area contributed by atoms with E-state index in [9.17, 15) is 0 Å². The third-order valence-corrected chi connectivity index (χ3v) is 2.66. The van der Waals surface area contributed by atoms with Gasteiger partial charge in [-0.2, -0.15) is 0 Å². The van der Waals surface area contributed by atoms with E-state index in [2.05, 4.69) is 31.0 Å². The summed E-state index contributed by atoms with van der Waals surface area (Å²) in [6.07, 6.45) is 0. The minimum atomic E-state index is 0.310. The summed E-state index contributed by atoms with van der Waals surface area (Å²) in [6, 6.07) is 8.41. The van der Waals surface area contributed by atoms with Gasteiger partial charge in [0.1, 0.15) is 5.75 Å². The van der Waals surface area contributed by atoms with Gasteiger partial charge in [0.15, 0.2) is 0 Å². The Morgan fingerprint density at radius 2 is 2.00 bits per heavy atom. The Balaban J connectivity index is 2.27. The van der Waals surface area contributed by atoms with Gasteiger partial charge in [-0.3, -0.25) is 0 Å². The Kier molecular flexibility index (Phi) is 6.47. The number of hydrogen-bond acceptors (Lipinski definition) is 3. The van der Waals surface area contributed by atoms with Crippen LogP contribution in [-0.2, 0) is 4.74 Å². The average molecular weight is 249 g/mol. The normalized spacial score (nSPS) is 12.2. The van der Waals surface area contributed by atoms with Crippen molar-refractivity contribution in [3.63, 3.8) is 0 Å². The lowest BCUT2D eigenvalue weighted by Gasteiger charge is -2.14. The molecule has 0 aromatic heterocycles. The second-order valence-corrected chi connectivity index (χ2v) is 4.46. The fraction of sp³-hybridized carbons (Fsp3) is 0.467. The summed E-state index contributed by atoms with van der Waals surface area (Å²) < 4.78 is 10.6. The summed E-state index contributed by atoms with van der Waals surface area (Å²) in [4.78, 5) is 0. The molecule has 0 aliphatic carbocycles. The molecule has 3 heteroatoms. The monoisotopic (exact) mass is 249 g/mol. The van der Waals surface area contributed by atoms with Crippen molar-refractivity contribution < 1.29 is 9.47 Å². The van der Waals surface area contributed by atoms with Crippen molar-refractivity contribution >= 4 is 0 Å². The van der Waals surface area contributed by atoms with Gasteiger partial charge in [0.05, 0.1) is 20.3 Å². The molecule has 1 unspecified atom stereocenters. The van der Waals surface area contributed by atoms with Crippen molar-refractivity contribution in [3.05, 3.63) is 42.0 Å². The van der Waals surface area contributed by atoms with Gasteiger partial charge in [-0.15, -0.1) is 0 Å². The van der Waals surface area contributed by atoms with Crippen LogP contribution in [0.4, 0.5) is 0 Å². The highest BCUT2D eigenvalue weighted by molar-refractivity contribution is 5.28. The van der Waals surface area contributed by atoms with Crippen molar-refractivity contribution in [2.75, 3.05) is 26.9 Å². The summed E-state index contributed by atoms with van der Waals surface area (Å²) in [5, 5.41) is 3.41. The molecule has 1 N–H and O–H groups in total. The van der Waals surface area contributed by atoms with Crippen LogP contribution in [0.2, 0.25) is 0 Å². The SMILES string of the molecule is C=C(C)COCCNC(C)c1ccc(OC)cc1. The maximum Gasteiger partial charge on any atom is 0.118 e. The summed E-state index contributed by atoms with van der Waals surface area (Å²) in [7, 11) is 1.68. The summed E-state index contributed by atoms with van der Waals surface area (Å²) in [5.41, 5.74) is 2.30. The predicted molar refractivity (Wildman–Crippen MR) is 75.0 cm³/mol. The number of methoxy groups -OCH3 is 1. The first-order chi connectivity index (χ1) is 8.63. The van der Waals surface area contributed by atoms with Gasteiger partial charge in [0.25, 0.3) is 0 Å². The Hall–Kier alpha value is -1.32. The van der Waals surface area contributed by atoms with Gasteiger partial charge >= 0.3 is 0 Å². The molecule has 0 fully saturated rings. The lowest BCUT2D eigenvalue weighted by Crippen LogP contribution is -2.23. The Morgan fingerprint density at radius 3 is 2.56 bits per heavy atom.